The van der Waals surface area contributed by atoms with Crippen molar-refractivity contribution in [1.29, 1.82) is 0 Å². The average Bonchev–Trinajstić information content (AvgIpc) is 3.21. The number of piperidine rings is 1. The van der Waals surface area contributed by atoms with Crippen molar-refractivity contribution in [2.75, 3.05) is 13.1 Å². The lowest BCUT2D eigenvalue weighted by atomic mass is 10.2. The quantitative estimate of drug-likeness (QED) is 0.786. The van der Waals surface area contributed by atoms with Gasteiger partial charge in [-0.3, -0.25) is 20.4 Å². The Morgan fingerprint density at radius 2 is 1.58 bits per heavy atom. The molecule has 8 nitrogen and oxygen atoms in total. The normalized spacial score (nSPS) is 15.4. The summed E-state index contributed by atoms with van der Waals surface area (Å²) in [5.41, 5.74) is 4.70. The lowest BCUT2D eigenvalue weighted by molar-refractivity contribution is 0.0831. The van der Waals surface area contributed by atoms with E-state index in [0.717, 1.165) is 19.3 Å². The summed E-state index contributed by atoms with van der Waals surface area (Å²) in [5.74, 6) is -1.09. The number of nitrogens with one attached hydrogen (secondary N) is 2. The smallest absolute Gasteiger partial charge is 0.305 e. The first-order chi connectivity index (χ1) is 12.5. The fraction of sp³-hybridized carbons (Fsp3) is 0.294. The maximum Gasteiger partial charge on any atom is 0.305 e. The van der Waals surface area contributed by atoms with Gasteiger partial charge < -0.3 is 4.42 Å². The van der Waals surface area contributed by atoms with Gasteiger partial charge in [0.1, 0.15) is 0 Å². The first-order valence-corrected chi connectivity index (χ1v) is 9.67. The van der Waals surface area contributed by atoms with Crippen molar-refractivity contribution in [2.45, 2.75) is 24.2 Å². The molecule has 2 heterocycles. The largest absolute Gasteiger partial charge is 0.459 e. The molecule has 1 aliphatic heterocycles. The summed E-state index contributed by atoms with van der Waals surface area (Å²) in [4.78, 5) is 23.9. The van der Waals surface area contributed by atoms with E-state index in [4.69, 9.17) is 4.42 Å². The Balaban J connectivity index is 1.63. The fourth-order valence-corrected chi connectivity index (χ4v) is 4.20. The molecule has 0 radical (unpaired) electrons. The van der Waals surface area contributed by atoms with E-state index in [1.165, 1.54) is 40.9 Å². The van der Waals surface area contributed by atoms with Gasteiger partial charge in [0.05, 0.1) is 11.2 Å². The number of rotatable bonds is 4. The van der Waals surface area contributed by atoms with Crippen LogP contribution in [0.1, 0.15) is 40.2 Å². The van der Waals surface area contributed by atoms with Crippen molar-refractivity contribution < 1.29 is 22.4 Å². The average molecular weight is 377 g/mol. The summed E-state index contributed by atoms with van der Waals surface area (Å²) in [6.07, 6.45) is 4.09. The van der Waals surface area contributed by atoms with Gasteiger partial charge in [-0.15, -0.1) is 0 Å². The summed E-state index contributed by atoms with van der Waals surface area (Å²) in [6, 6.07) is 8.62. The zero-order valence-electron chi connectivity index (χ0n) is 14.0. The van der Waals surface area contributed by atoms with Gasteiger partial charge >= 0.3 is 5.91 Å². The van der Waals surface area contributed by atoms with Crippen molar-refractivity contribution in [3.63, 3.8) is 0 Å². The van der Waals surface area contributed by atoms with Crippen LogP contribution in [0, 0.1) is 0 Å². The number of carbonyl (C=O) groups is 2. The number of furan rings is 1. The number of hydrogen-bond donors (Lipinski definition) is 2. The molecule has 1 saturated heterocycles. The number of sulfonamides is 1. The number of hydrogen-bond acceptors (Lipinski definition) is 5. The van der Waals surface area contributed by atoms with Gasteiger partial charge in [-0.1, -0.05) is 6.42 Å². The third-order valence-electron chi connectivity index (χ3n) is 4.10. The highest BCUT2D eigenvalue weighted by atomic mass is 32.2. The van der Waals surface area contributed by atoms with Crippen LogP contribution in [0.3, 0.4) is 0 Å². The monoisotopic (exact) mass is 377 g/mol. The molecule has 0 atom stereocenters. The van der Waals surface area contributed by atoms with Crippen molar-refractivity contribution in [3.05, 3.63) is 54.0 Å². The van der Waals surface area contributed by atoms with Crippen molar-refractivity contribution in [2.24, 2.45) is 0 Å². The minimum atomic E-state index is -3.54. The second-order valence-corrected chi connectivity index (χ2v) is 7.81. The Morgan fingerprint density at radius 1 is 0.923 bits per heavy atom. The molecule has 0 bridgehead atoms. The molecule has 0 spiro atoms. The Hall–Kier alpha value is -2.65. The highest BCUT2D eigenvalue weighted by molar-refractivity contribution is 7.89. The molecule has 0 saturated carbocycles. The van der Waals surface area contributed by atoms with Gasteiger partial charge in [-0.25, -0.2) is 8.42 Å². The fourth-order valence-electron chi connectivity index (χ4n) is 2.69. The van der Waals surface area contributed by atoms with Crippen molar-refractivity contribution in [1.82, 2.24) is 15.2 Å². The Morgan fingerprint density at radius 3 is 2.19 bits per heavy atom. The van der Waals surface area contributed by atoms with E-state index in [2.05, 4.69) is 10.9 Å². The maximum absolute atomic E-state index is 12.6. The van der Waals surface area contributed by atoms with Gasteiger partial charge in [0.2, 0.25) is 10.0 Å². The number of nitrogens with zero attached hydrogens (tertiary/aromatic N) is 1. The highest BCUT2D eigenvalue weighted by Crippen LogP contribution is 2.20. The van der Waals surface area contributed by atoms with Crippen LogP contribution in [0.25, 0.3) is 0 Å². The molecule has 26 heavy (non-hydrogen) atoms. The Kier molecular flexibility index (Phi) is 5.38. The van der Waals surface area contributed by atoms with Crippen LogP contribution < -0.4 is 10.9 Å². The van der Waals surface area contributed by atoms with Crippen LogP contribution in [0.4, 0.5) is 0 Å². The minimum absolute atomic E-state index is 0.0632. The first kappa shape index (κ1) is 18.2. The van der Waals surface area contributed by atoms with Crippen LogP contribution in [0.2, 0.25) is 0 Å². The molecule has 1 aromatic heterocycles. The van der Waals surface area contributed by atoms with Crippen LogP contribution in [0.15, 0.2) is 52.0 Å². The molecule has 1 aliphatic rings. The molecule has 0 aliphatic carbocycles. The summed E-state index contributed by atoms with van der Waals surface area (Å²) in [6.45, 7) is 1.03. The number of carbonyl (C=O) groups excluding carboxylic acids is 2. The second-order valence-electron chi connectivity index (χ2n) is 5.87. The highest BCUT2D eigenvalue weighted by Gasteiger charge is 2.25. The molecule has 3 rings (SSSR count). The molecule has 2 amide bonds. The molecule has 9 heteroatoms. The van der Waals surface area contributed by atoms with Gasteiger partial charge in [0.25, 0.3) is 5.91 Å². The van der Waals surface area contributed by atoms with Crippen LogP contribution in [-0.2, 0) is 10.0 Å². The maximum atomic E-state index is 12.6. The third-order valence-corrected chi connectivity index (χ3v) is 6.02. The van der Waals surface area contributed by atoms with E-state index >= 15 is 0 Å². The molecular formula is C17H19N3O5S. The third kappa shape index (κ3) is 3.94. The van der Waals surface area contributed by atoms with Gasteiger partial charge in [-0.2, -0.15) is 4.31 Å². The zero-order chi connectivity index (χ0) is 18.6. The van der Waals surface area contributed by atoms with E-state index < -0.39 is 21.8 Å². The number of benzene rings is 1. The number of amides is 2. The SMILES string of the molecule is O=C(NNC(=O)c1ccco1)c1ccc(S(=O)(=O)N2CCCCC2)cc1. The molecular weight excluding hydrogens is 358 g/mol. The Bertz CT molecular complexity index is 870. The van der Waals surface area contributed by atoms with Crippen LogP contribution >= 0.6 is 0 Å². The topological polar surface area (TPSA) is 109 Å². The van der Waals surface area contributed by atoms with Crippen LogP contribution in [0.5, 0.6) is 0 Å². The van der Waals surface area contributed by atoms with Crippen LogP contribution in [-0.4, -0.2) is 37.6 Å². The lowest BCUT2D eigenvalue weighted by Gasteiger charge is -2.25. The van der Waals surface area contributed by atoms with Gasteiger partial charge in [-0.05, 0) is 49.2 Å². The van der Waals surface area contributed by atoms with Gasteiger partial charge in [0, 0.05) is 18.7 Å². The standard InChI is InChI=1S/C17H19N3O5S/c21-16(18-19-17(22)15-5-4-12-25-15)13-6-8-14(9-7-13)26(23,24)20-10-2-1-3-11-20/h4-9,12H,1-3,10-11H2,(H,18,21)(H,19,22). The second kappa shape index (κ2) is 7.71. The molecule has 138 valence electrons. The van der Waals surface area contributed by atoms with E-state index in [9.17, 15) is 18.0 Å². The van der Waals surface area contributed by atoms with E-state index in [-0.39, 0.29) is 16.2 Å². The van der Waals surface area contributed by atoms with E-state index in [1.54, 1.807) is 6.07 Å². The minimum Gasteiger partial charge on any atom is -0.459 e. The summed E-state index contributed by atoms with van der Waals surface area (Å²) < 4.78 is 31.5. The summed E-state index contributed by atoms with van der Waals surface area (Å²) in [5, 5.41) is 0. The molecule has 1 aromatic carbocycles. The Labute approximate surface area is 151 Å². The first-order valence-electron chi connectivity index (χ1n) is 8.23. The predicted octanol–water partition coefficient (Wildman–Crippen LogP) is 1.53. The van der Waals surface area contributed by atoms with E-state index in [1.807, 2.05) is 0 Å². The lowest BCUT2D eigenvalue weighted by Crippen LogP contribution is -2.41. The number of hydrazine groups is 1. The molecule has 2 N–H and O–H groups in total. The summed E-state index contributed by atoms with van der Waals surface area (Å²) >= 11 is 0. The zero-order valence-corrected chi connectivity index (χ0v) is 14.8. The predicted molar refractivity (Wildman–Crippen MR) is 92.7 cm³/mol. The molecule has 2 aromatic rings. The van der Waals surface area contributed by atoms with Crippen molar-refractivity contribution in [3.8, 4) is 0 Å². The van der Waals surface area contributed by atoms with Crippen molar-refractivity contribution >= 4 is 21.8 Å². The van der Waals surface area contributed by atoms with E-state index in [0.29, 0.717) is 13.1 Å². The summed E-state index contributed by atoms with van der Waals surface area (Å²) in [7, 11) is -3.54. The van der Waals surface area contributed by atoms with Gasteiger partial charge in [0.15, 0.2) is 5.76 Å². The molecule has 1 fully saturated rings. The molecule has 0 unspecified atom stereocenters.